The van der Waals surface area contributed by atoms with E-state index in [4.69, 9.17) is 39.5 Å². The molecule has 0 bridgehead atoms. The number of hydrogen-bond acceptors (Lipinski definition) is 3. The minimum atomic E-state index is -0.278. The Kier molecular flexibility index (Phi) is 5.37. The lowest BCUT2D eigenvalue weighted by atomic mass is 10.2. The van der Waals surface area contributed by atoms with E-state index in [-0.39, 0.29) is 5.91 Å². The molecule has 0 saturated heterocycles. The predicted octanol–water partition coefficient (Wildman–Crippen LogP) is 6.45. The number of carbonyl (C=O) groups is 1. The Morgan fingerprint density at radius 2 is 1.76 bits per heavy atom. The number of aromatic amines is 1. The van der Waals surface area contributed by atoms with Gasteiger partial charge in [-0.3, -0.25) is 4.79 Å². The van der Waals surface area contributed by atoms with E-state index in [9.17, 15) is 4.79 Å². The molecule has 1 aromatic heterocycles. The van der Waals surface area contributed by atoms with Gasteiger partial charge in [-0.25, -0.2) is 4.98 Å². The van der Waals surface area contributed by atoms with Crippen molar-refractivity contribution in [3.63, 3.8) is 0 Å². The van der Waals surface area contributed by atoms with Crippen molar-refractivity contribution in [1.82, 2.24) is 9.97 Å². The Labute approximate surface area is 181 Å². The number of imidazole rings is 1. The molecule has 2 N–H and O–H groups in total. The highest BCUT2D eigenvalue weighted by atomic mass is 35.5. The molecular weight excluding hydrogens is 433 g/mol. The van der Waals surface area contributed by atoms with Crippen LogP contribution in [0, 0.1) is 0 Å². The van der Waals surface area contributed by atoms with E-state index in [0.29, 0.717) is 54.5 Å². The Balaban J connectivity index is 1.64. The zero-order valence-electron chi connectivity index (χ0n) is 15.1. The molecule has 0 atom stereocenters. The highest BCUT2D eigenvalue weighted by Crippen LogP contribution is 2.34. The molecule has 0 aliphatic carbocycles. The third kappa shape index (κ3) is 3.90. The number of nitrogens with one attached hydrogen (secondary N) is 2. The number of methoxy groups -OCH3 is 1. The number of aromatic nitrogens is 2. The topological polar surface area (TPSA) is 67.0 Å². The summed E-state index contributed by atoms with van der Waals surface area (Å²) >= 11 is 18.7. The van der Waals surface area contributed by atoms with Gasteiger partial charge in [-0.15, -0.1) is 0 Å². The smallest absolute Gasteiger partial charge is 0.255 e. The second kappa shape index (κ2) is 7.95. The maximum absolute atomic E-state index is 12.6. The standard InChI is InChI=1S/C21H14Cl3N3O2/c1-29-18-8-6-12(10-15(18)24)25-21(28)11-5-7-16-17(9-11)27-20(26-16)19-13(22)3-2-4-14(19)23/h2-10H,1H3,(H,25,28)(H,26,27). The Bertz CT molecular complexity index is 1220. The van der Waals surface area contributed by atoms with Gasteiger partial charge in [0, 0.05) is 11.3 Å². The summed E-state index contributed by atoms with van der Waals surface area (Å²) in [5, 5.41) is 4.21. The minimum Gasteiger partial charge on any atom is -0.495 e. The zero-order chi connectivity index (χ0) is 20.5. The Morgan fingerprint density at radius 3 is 2.45 bits per heavy atom. The number of halogens is 3. The van der Waals surface area contributed by atoms with Crippen molar-refractivity contribution >= 4 is 57.4 Å². The largest absolute Gasteiger partial charge is 0.495 e. The average molecular weight is 447 g/mol. The van der Waals surface area contributed by atoms with E-state index in [1.54, 1.807) is 54.6 Å². The lowest BCUT2D eigenvalue weighted by molar-refractivity contribution is 0.102. The maximum Gasteiger partial charge on any atom is 0.255 e. The Morgan fingerprint density at radius 1 is 1.00 bits per heavy atom. The van der Waals surface area contributed by atoms with Gasteiger partial charge < -0.3 is 15.0 Å². The van der Waals surface area contributed by atoms with Gasteiger partial charge in [0.15, 0.2) is 0 Å². The molecule has 5 nitrogen and oxygen atoms in total. The summed E-state index contributed by atoms with van der Waals surface area (Å²) in [5.41, 5.74) is 3.03. The highest BCUT2D eigenvalue weighted by Gasteiger charge is 2.15. The van der Waals surface area contributed by atoms with Gasteiger partial charge in [0.2, 0.25) is 0 Å². The number of fused-ring (bicyclic) bond motifs is 1. The molecule has 0 aliphatic heterocycles. The van der Waals surface area contributed by atoms with E-state index < -0.39 is 0 Å². The van der Waals surface area contributed by atoms with Crippen LogP contribution in [0.3, 0.4) is 0 Å². The molecular formula is C21H14Cl3N3O2. The molecule has 0 unspecified atom stereocenters. The molecule has 1 amide bonds. The summed E-state index contributed by atoms with van der Waals surface area (Å²) in [5.74, 6) is 0.796. The molecule has 0 radical (unpaired) electrons. The molecule has 4 aromatic rings. The molecule has 0 fully saturated rings. The van der Waals surface area contributed by atoms with Crippen molar-refractivity contribution < 1.29 is 9.53 Å². The second-order valence-electron chi connectivity index (χ2n) is 6.22. The fourth-order valence-corrected chi connectivity index (χ4v) is 3.77. The molecule has 4 rings (SSSR count). The van der Waals surface area contributed by atoms with E-state index in [2.05, 4.69) is 15.3 Å². The van der Waals surface area contributed by atoms with Crippen molar-refractivity contribution in [2.24, 2.45) is 0 Å². The quantitative estimate of drug-likeness (QED) is 0.378. The van der Waals surface area contributed by atoms with Crippen molar-refractivity contribution in [1.29, 1.82) is 0 Å². The molecule has 0 aliphatic rings. The number of amides is 1. The number of hydrogen-bond donors (Lipinski definition) is 2. The van der Waals surface area contributed by atoms with Gasteiger partial charge in [0.05, 0.1) is 38.8 Å². The lowest BCUT2D eigenvalue weighted by Gasteiger charge is -2.08. The van der Waals surface area contributed by atoms with E-state index in [0.717, 1.165) is 0 Å². The number of anilines is 1. The van der Waals surface area contributed by atoms with Crippen molar-refractivity contribution in [3.05, 3.63) is 75.2 Å². The fraction of sp³-hybridized carbons (Fsp3) is 0.0476. The first-order valence-electron chi connectivity index (χ1n) is 8.55. The zero-order valence-corrected chi connectivity index (χ0v) is 17.4. The van der Waals surface area contributed by atoms with Crippen LogP contribution in [0.2, 0.25) is 15.1 Å². The van der Waals surface area contributed by atoms with Gasteiger partial charge in [-0.2, -0.15) is 0 Å². The summed E-state index contributed by atoms with van der Waals surface area (Å²) in [6.45, 7) is 0. The van der Waals surface area contributed by atoms with Gasteiger partial charge in [-0.1, -0.05) is 40.9 Å². The third-order valence-electron chi connectivity index (χ3n) is 4.35. The van der Waals surface area contributed by atoms with Crippen molar-refractivity contribution in [2.75, 3.05) is 12.4 Å². The van der Waals surface area contributed by atoms with Crippen LogP contribution in [0.4, 0.5) is 5.69 Å². The minimum absolute atomic E-state index is 0.278. The van der Waals surface area contributed by atoms with Crippen LogP contribution in [-0.4, -0.2) is 23.0 Å². The van der Waals surface area contributed by atoms with Crippen LogP contribution < -0.4 is 10.1 Å². The SMILES string of the molecule is COc1ccc(NC(=O)c2ccc3nc(-c4c(Cl)cccc4Cl)[nH]c3c2)cc1Cl. The van der Waals surface area contributed by atoms with Crippen LogP contribution >= 0.6 is 34.8 Å². The van der Waals surface area contributed by atoms with Gasteiger partial charge in [0.1, 0.15) is 11.6 Å². The maximum atomic E-state index is 12.6. The number of nitrogens with zero attached hydrogens (tertiary/aromatic N) is 1. The Hall–Kier alpha value is -2.73. The molecule has 0 spiro atoms. The van der Waals surface area contributed by atoms with Crippen LogP contribution in [-0.2, 0) is 0 Å². The first kappa shape index (κ1) is 19.6. The average Bonchev–Trinajstić information content (AvgIpc) is 3.10. The molecule has 29 heavy (non-hydrogen) atoms. The number of benzene rings is 3. The summed E-state index contributed by atoms with van der Waals surface area (Å²) in [6.07, 6.45) is 0. The van der Waals surface area contributed by atoms with Gasteiger partial charge in [0.25, 0.3) is 5.91 Å². The normalized spacial score (nSPS) is 10.9. The lowest BCUT2D eigenvalue weighted by Crippen LogP contribution is -2.11. The van der Waals surface area contributed by atoms with Crippen LogP contribution in [0.15, 0.2) is 54.6 Å². The number of carbonyl (C=O) groups excluding carboxylic acids is 1. The van der Waals surface area contributed by atoms with Crippen molar-refractivity contribution in [2.45, 2.75) is 0 Å². The van der Waals surface area contributed by atoms with Crippen LogP contribution in [0.25, 0.3) is 22.4 Å². The van der Waals surface area contributed by atoms with Crippen LogP contribution in [0.5, 0.6) is 5.75 Å². The molecule has 3 aromatic carbocycles. The summed E-state index contributed by atoms with van der Waals surface area (Å²) in [7, 11) is 1.53. The van der Waals surface area contributed by atoms with Gasteiger partial charge in [-0.05, 0) is 48.5 Å². The highest BCUT2D eigenvalue weighted by molar-refractivity contribution is 6.39. The summed E-state index contributed by atoms with van der Waals surface area (Å²) in [6, 6.07) is 15.5. The third-order valence-corrected chi connectivity index (χ3v) is 5.28. The summed E-state index contributed by atoms with van der Waals surface area (Å²) < 4.78 is 5.12. The molecule has 0 saturated carbocycles. The molecule has 146 valence electrons. The first-order valence-corrected chi connectivity index (χ1v) is 9.68. The fourth-order valence-electron chi connectivity index (χ4n) is 2.94. The number of H-pyrrole nitrogens is 1. The molecule has 1 heterocycles. The monoisotopic (exact) mass is 445 g/mol. The van der Waals surface area contributed by atoms with Gasteiger partial charge >= 0.3 is 0 Å². The van der Waals surface area contributed by atoms with E-state index in [1.165, 1.54) is 7.11 Å². The predicted molar refractivity (Wildman–Crippen MR) is 118 cm³/mol. The number of ether oxygens (including phenoxy) is 1. The summed E-state index contributed by atoms with van der Waals surface area (Å²) in [4.78, 5) is 20.4. The molecule has 8 heteroatoms. The number of rotatable bonds is 4. The van der Waals surface area contributed by atoms with Crippen molar-refractivity contribution in [3.8, 4) is 17.1 Å². The second-order valence-corrected chi connectivity index (χ2v) is 7.44. The van der Waals surface area contributed by atoms with E-state index in [1.807, 2.05) is 0 Å². The van der Waals surface area contributed by atoms with E-state index >= 15 is 0 Å². The first-order chi connectivity index (χ1) is 14.0. The van der Waals surface area contributed by atoms with Crippen LogP contribution in [0.1, 0.15) is 10.4 Å².